The molecule has 5 nitrogen and oxygen atoms in total. The summed E-state index contributed by atoms with van der Waals surface area (Å²) in [4.78, 5) is 11.7. The van der Waals surface area contributed by atoms with Gasteiger partial charge in [-0.3, -0.25) is 4.79 Å². The van der Waals surface area contributed by atoms with Crippen LogP contribution in [0.5, 0.6) is 0 Å². The second-order valence-corrected chi connectivity index (χ2v) is 4.15. The Morgan fingerprint density at radius 1 is 1.44 bits per heavy atom. The number of nitrogens with two attached hydrogens (primary N) is 1. The Balaban J connectivity index is 2.33. The van der Waals surface area contributed by atoms with E-state index in [1.807, 2.05) is 30.3 Å². The molecule has 1 rings (SSSR count). The first-order valence-corrected chi connectivity index (χ1v) is 5.87. The summed E-state index contributed by atoms with van der Waals surface area (Å²) in [6, 6.07) is 8.96. The average molecular weight is 252 g/mol. The van der Waals surface area contributed by atoms with Crippen LogP contribution in [0, 0.1) is 0 Å². The van der Waals surface area contributed by atoms with Gasteiger partial charge in [-0.05, 0) is 12.0 Å². The van der Waals surface area contributed by atoms with Crippen LogP contribution < -0.4 is 11.1 Å². The zero-order valence-corrected chi connectivity index (χ0v) is 10.5. The van der Waals surface area contributed by atoms with Gasteiger partial charge in [0.2, 0.25) is 5.91 Å². The van der Waals surface area contributed by atoms with Crippen molar-refractivity contribution in [2.45, 2.75) is 18.6 Å². The van der Waals surface area contributed by atoms with E-state index >= 15 is 0 Å². The fourth-order valence-electron chi connectivity index (χ4n) is 1.56. The Morgan fingerprint density at radius 2 is 2.11 bits per heavy atom. The van der Waals surface area contributed by atoms with E-state index in [2.05, 4.69) is 5.32 Å². The molecule has 0 saturated carbocycles. The van der Waals surface area contributed by atoms with Crippen LogP contribution in [0.2, 0.25) is 0 Å². The molecule has 1 unspecified atom stereocenters. The van der Waals surface area contributed by atoms with Gasteiger partial charge in [-0.25, -0.2) is 0 Å². The third-order valence-electron chi connectivity index (χ3n) is 2.51. The Bertz CT molecular complexity index is 357. The van der Waals surface area contributed by atoms with Gasteiger partial charge in [-0.1, -0.05) is 30.3 Å². The van der Waals surface area contributed by atoms with Crippen molar-refractivity contribution in [1.29, 1.82) is 0 Å². The van der Waals surface area contributed by atoms with Crippen LogP contribution >= 0.6 is 0 Å². The van der Waals surface area contributed by atoms with Crippen molar-refractivity contribution in [2.75, 3.05) is 20.3 Å². The third kappa shape index (κ3) is 5.27. The lowest BCUT2D eigenvalue weighted by molar-refractivity contribution is -0.122. The number of hydrogen-bond donors (Lipinski definition) is 3. The van der Waals surface area contributed by atoms with Gasteiger partial charge in [-0.15, -0.1) is 0 Å². The zero-order valence-electron chi connectivity index (χ0n) is 10.5. The number of nitrogens with one attached hydrogen (secondary N) is 1. The van der Waals surface area contributed by atoms with Crippen molar-refractivity contribution in [3.63, 3.8) is 0 Å². The van der Waals surface area contributed by atoms with E-state index < -0.39 is 12.1 Å². The second kappa shape index (κ2) is 7.81. The summed E-state index contributed by atoms with van der Waals surface area (Å²) >= 11 is 0. The summed E-state index contributed by atoms with van der Waals surface area (Å²) in [6.07, 6.45) is -0.226. The van der Waals surface area contributed by atoms with Crippen LogP contribution in [-0.2, 0) is 16.0 Å². The van der Waals surface area contributed by atoms with E-state index in [-0.39, 0.29) is 19.1 Å². The van der Waals surface area contributed by atoms with Gasteiger partial charge in [0.25, 0.3) is 0 Å². The predicted molar refractivity (Wildman–Crippen MR) is 69.0 cm³/mol. The molecule has 100 valence electrons. The monoisotopic (exact) mass is 252 g/mol. The highest BCUT2D eigenvalue weighted by Gasteiger charge is 2.14. The quantitative estimate of drug-likeness (QED) is 0.621. The normalized spacial score (nSPS) is 13.9. The number of aliphatic hydroxyl groups is 1. The Morgan fingerprint density at radius 3 is 2.72 bits per heavy atom. The molecular formula is C13H20N2O3. The molecule has 0 spiro atoms. The number of methoxy groups -OCH3 is 1. The summed E-state index contributed by atoms with van der Waals surface area (Å²) in [5.74, 6) is -0.269. The summed E-state index contributed by atoms with van der Waals surface area (Å²) < 4.78 is 4.76. The summed E-state index contributed by atoms with van der Waals surface area (Å²) in [5, 5.41) is 12.0. The molecule has 0 bridgehead atoms. The first kappa shape index (κ1) is 14.6. The van der Waals surface area contributed by atoms with Gasteiger partial charge in [0.1, 0.15) is 0 Å². The van der Waals surface area contributed by atoms with Crippen LogP contribution in [0.15, 0.2) is 30.3 Å². The minimum atomic E-state index is -0.706. The number of ether oxygens (including phenoxy) is 1. The third-order valence-corrected chi connectivity index (χ3v) is 2.51. The van der Waals surface area contributed by atoms with E-state index in [4.69, 9.17) is 10.5 Å². The highest BCUT2D eigenvalue weighted by molar-refractivity contribution is 5.81. The maximum Gasteiger partial charge on any atom is 0.237 e. The van der Waals surface area contributed by atoms with Gasteiger partial charge in [-0.2, -0.15) is 0 Å². The number of rotatable bonds is 7. The van der Waals surface area contributed by atoms with Crippen LogP contribution in [0.3, 0.4) is 0 Å². The zero-order chi connectivity index (χ0) is 13.4. The SMILES string of the molecule is COCC(O)CNC(=O)[C@@H](N)Cc1ccccc1. The van der Waals surface area contributed by atoms with Crippen LogP contribution in [0.4, 0.5) is 0 Å². The molecule has 0 saturated heterocycles. The maximum absolute atomic E-state index is 11.7. The standard InChI is InChI=1S/C13H20N2O3/c1-18-9-11(16)8-15-13(17)12(14)7-10-5-3-2-4-6-10/h2-6,11-12,16H,7-9,14H2,1H3,(H,15,17)/t11?,12-/m0/s1. The molecular weight excluding hydrogens is 232 g/mol. The van der Waals surface area contributed by atoms with E-state index in [1.165, 1.54) is 7.11 Å². The lowest BCUT2D eigenvalue weighted by atomic mass is 10.1. The summed E-state index contributed by atoms with van der Waals surface area (Å²) in [5.41, 5.74) is 6.80. The molecule has 0 radical (unpaired) electrons. The smallest absolute Gasteiger partial charge is 0.237 e. The second-order valence-electron chi connectivity index (χ2n) is 4.15. The van der Waals surface area contributed by atoms with Gasteiger partial charge in [0.15, 0.2) is 0 Å². The molecule has 0 fully saturated rings. The molecule has 1 aromatic rings. The highest BCUT2D eigenvalue weighted by atomic mass is 16.5. The molecule has 2 atom stereocenters. The maximum atomic E-state index is 11.7. The minimum Gasteiger partial charge on any atom is -0.389 e. The average Bonchev–Trinajstić information content (AvgIpc) is 2.37. The molecule has 1 amide bonds. The fourth-order valence-corrected chi connectivity index (χ4v) is 1.56. The largest absolute Gasteiger partial charge is 0.389 e. The molecule has 18 heavy (non-hydrogen) atoms. The summed E-state index contributed by atoms with van der Waals surface area (Å²) in [7, 11) is 1.49. The van der Waals surface area contributed by atoms with E-state index in [9.17, 15) is 9.90 Å². The Kier molecular flexibility index (Phi) is 6.35. The molecule has 0 aromatic heterocycles. The molecule has 4 N–H and O–H groups in total. The van der Waals surface area contributed by atoms with Gasteiger partial charge in [0, 0.05) is 13.7 Å². The van der Waals surface area contributed by atoms with E-state index in [0.29, 0.717) is 6.42 Å². The molecule has 0 aliphatic carbocycles. The molecule has 0 aliphatic rings. The molecule has 0 aliphatic heterocycles. The van der Waals surface area contributed by atoms with Gasteiger partial charge >= 0.3 is 0 Å². The van der Waals surface area contributed by atoms with Crippen molar-refractivity contribution in [3.8, 4) is 0 Å². The van der Waals surface area contributed by atoms with Crippen molar-refractivity contribution in [1.82, 2.24) is 5.32 Å². The van der Waals surface area contributed by atoms with Crippen LogP contribution in [0.1, 0.15) is 5.56 Å². The number of benzene rings is 1. The fraction of sp³-hybridized carbons (Fsp3) is 0.462. The topological polar surface area (TPSA) is 84.6 Å². The Labute approximate surface area is 107 Å². The first-order chi connectivity index (χ1) is 8.63. The van der Waals surface area contributed by atoms with Gasteiger partial charge < -0.3 is 20.9 Å². The van der Waals surface area contributed by atoms with Crippen molar-refractivity contribution in [2.24, 2.45) is 5.73 Å². The van der Waals surface area contributed by atoms with E-state index in [0.717, 1.165) is 5.56 Å². The number of carbonyl (C=O) groups is 1. The number of amides is 1. The van der Waals surface area contributed by atoms with Gasteiger partial charge in [0.05, 0.1) is 18.8 Å². The van der Waals surface area contributed by atoms with Crippen molar-refractivity contribution < 1.29 is 14.6 Å². The van der Waals surface area contributed by atoms with Crippen LogP contribution in [0.25, 0.3) is 0 Å². The van der Waals surface area contributed by atoms with Crippen molar-refractivity contribution >= 4 is 5.91 Å². The number of carbonyl (C=O) groups excluding carboxylic acids is 1. The highest BCUT2D eigenvalue weighted by Crippen LogP contribution is 2.01. The predicted octanol–water partition coefficient (Wildman–Crippen LogP) is -0.320. The lowest BCUT2D eigenvalue weighted by Crippen LogP contribution is -2.45. The number of hydrogen-bond acceptors (Lipinski definition) is 4. The number of aliphatic hydroxyl groups excluding tert-OH is 1. The molecule has 5 heteroatoms. The van der Waals surface area contributed by atoms with E-state index in [1.54, 1.807) is 0 Å². The minimum absolute atomic E-state index is 0.148. The van der Waals surface area contributed by atoms with Crippen LogP contribution in [-0.4, -0.2) is 43.4 Å². The Hall–Kier alpha value is -1.43. The summed E-state index contributed by atoms with van der Waals surface area (Å²) in [6.45, 7) is 0.337. The molecule has 0 heterocycles. The van der Waals surface area contributed by atoms with Crippen molar-refractivity contribution in [3.05, 3.63) is 35.9 Å². The molecule has 1 aromatic carbocycles. The lowest BCUT2D eigenvalue weighted by Gasteiger charge is -2.14. The first-order valence-electron chi connectivity index (χ1n) is 5.87.